The number of amides is 3. The largest absolute Gasteiger partial charge is 0.444 e. The maximum Gasteiger partial charge on any atom is 0.410 e. The number of hydrogen-bond donors (Lipinski definition) is 2. The van der Waals surface area contributed by atoms with Crippen LogP contribution in [0.25, 0.3) is 0 Å². The lowest BCUT2D eigenvalue weighted by atomic mass is 9.88. The van der Waals surface area contributed by atoms with Gasteiger partial charge in [-0.15, -0.1) is 0 Å². The summed E-state index contributed by atoms with van der Waals surface area (Å²) in [6.07, 6.45) is 3.19. The van der Waals surface area contributed by atoms with Crippen molar-refractivity contribution in [1.29, 1.82) is 0 Å². The number of carbonyl (C=O) groups excluding carboxylic acids is 4. The van der Waals surface area contributed by atoms with Gasteiger partial charge in [-0.05, 0) is 109 Å². The van der Waals surface area contributed by atoms with Crippen LogP contribution < -0.4 is 10.6 Å². The summed E-state index contributed by atoms with van der Waals surface area (Å²) in [5, 5.41) is 5.91. The van der Waals surface area contributed by atoms with Gasteiger partial charge in [-0.1, -0.05) is 12.1 Å². The number of likely N-dealkylation sites (tertiary alicyclic amines) is 2. The molecule has 2 N–H and O–H groups in total. The first-order valence-electron chi connectivity index (χ1n) is 15.4. The molecule has 0 aliphatic carbocycles. The van der Waals surface area contributed by atoms with Crippen LogP contribution >= 0.6 is 0 Å². The molecule has 3 amide bonds. The van der Waals surface area contributed by atoms with Gasteiger partial charge < -0.3 is 25.2 Å². The minimum atomic E-state index is -0.616. The molecule has 2 aromatic carbocycles. The summed E-state index contributed by atoms with van der Waals surface area (Å²) in [6, 6.07) is 10.7. The summed E-state index contributed by atoms with van der Waals surface area (Å²) < 4.78 is 19.1. The topological polar surface area (TPSA) is 108 Å². The van der Waals surface area contributed by atoms with E-state index in [9.17, 15) is 23.6 Å². The molecule has 3 atom stereocenters. The van der Waals surface area contributed by atoms with Gasteiger partial charge in [0.05, 0.1) is 0 Å². The highest BCUT2D eigenvalue weighted by Crippen LogP contribution is 2.26. The molecule has 2 heterocycles. The SMILES string of the molecule is CC(=O)c1cc(NC(=O)N[C@@H]2CCN(C(=O)OC(C)(C)C)C[C@H]2CN2CCC[C@@H](Cc3ccc(F)cc3)C2)cc(C(C)=O)c1. The lowest BCUT2D eigenvalue weighted by molar-refractivity contribution is 0.00958. The van der Waals surface area contributed by atoms with Gasteiger partial charge in [0.15, 0.2) is 11.6 Å². The third kappa shape index (κ3) is 9.61. The van der Waals surface area contributed by atoms with Gasteiger partial charge >= 0.3 is 12.1 Å². The quantitative estimate of drug-likeness (QED) is 0.360. The van der Waals surface area contributed by atoms with Gasteiger partial charge in [-0.3, -0.25) is 9.59 Å². The number of benzene rings is 2. The van der Waals surface area contributed by atoms with E-state index in [1.807, 2.05) is 32.9 Å². The Morgan fingerprint density at radius 1 is 0.932 bits per heavy atom. The number of carbonyl (C=O) groups is 4. The second kappa shape index (κ2) is 14.3. The highest BCUT2D eigenvalue weighted by Gasteiger charge is 2.36. The standard InChI is InChI=1S/C34H45FN4O5/c1-22(40)26-16-27(23(2)41)18-30(17-26)36-32(42)37-31-12-14-39(33(43)44-34(3,4)5)21-28(31)20-38-13-6-7-25(19-38)15-24-8-10-29(35)11-9-24/h8-11,16-18,25,28,31H,6-7,12-15,19-21H2,1-5H3,(H2,36,37,42)/t25-,28+,31+/m0/s1. The number of ether oxygens (including phenoxy) is 1. The molecule has 0 bridgehead atoms. The van der Waals surface area contributed by atoms with Crippen molar-refractivity contribution in [2.45, 2.75) is 71.9 Å². The van der Waals surface area contributed by atoms with Gasteiger partial charge in [0.2, 0.25) is 0 Å². The second-order valence-corrected chi connectivity index (χ2v) is 13.2. The third-order valence-corrected chi connectivity index (χ3v) is 8.24. The maximum atomic E-state index is 13.4. The van der Waals surface area contributed by atoms with Gasteiger partial charge in [-0.25, -0.2) is 14.0 Å². The van der Waals surface area contributed by atoms with Crippen LogP contribution in [0, 0.1) is 17.7 Å². The van der Waals surface area contributed by atoms with E-state index in [0.29, 0.717) is 48.8 Å². The van der Waals surface area contributed by atoms with E-state index in [1.165, 1.54) is 32.0 Å². The highest BCUT2D eigenvalue weighted by atomic mass is 19.1. The molecule has 2 aromatic rings. The van der Waals surface area contributed by atoms with E-state index in [0.717, 1.165) is 37.9 Å². The Hall–Kier alpha value is -3.79. The molecule has 238 valence electrons. The van der Waals surface area contributed by atoms with Crippen LogP contribution in [-0.2, 0) is 11.2 Å². The Balaban J connectivity index is 1.46. The van der Waals surface area contributed by atoms with Crippen LogP contribution in [0.5, 0.6) is 0 Å². The minimum absolute atomic E-state index is 0.0528. The van der Waals surface area contributed by atoms with Crippen LogP contribution in [0.2, 0.25) is 0 Å². The third-order valence-electron chi connectivity index (χ3n) is 8.24. The molecule has 4 rings (SSSR count). The fourth-order valence-electron chi connectivity index (χ4n) is 6.11. The molecule has 44 heavy (non-hydrogen) atoms. The van der Waals surface area contributed by atoms with Crippen molar-refractivity contribution in [3.63, 3.8) is 0 Å². The van der Waals surface area contributed by atoms with Gasteiger partial charge in [0.25, 0.3) is 0 Å². The summed E-state index contributed by atoms with van der Waals surface area (Å²) in [6.45, 7) is 11.7. The molecule has 9 nitrogen and oxygen atoms in total. The Kier molecular flexibility index (Phi) is 10.8. The van der Waals surface area contributed by atoms with Crippen molar-refractivity contribution >= 4 is 29.4 Å². The van der Waals surface area contributed by atoms with E-state index in [2.05, 4.69) is 15.5 Å². The number of halogens is 1. The van der Waals surface area contributed by atoms with E-state index in [1.54, 1.807) is 17.0 Å². The second-order valence-electron chi connectivity index (χ2n) is 13.2. The van der Waals surface area contributed by atoms with Gasteiger partial charge in [0, 0.05) is 55.0 Å². The summed E-state index contributed by atoms with van der Waals surface area (Å²) >= 11 is 0. The number of nitrogens with one attached hydrogen (secondary N) is 2. The highest BCUT2D eigenvalue weighted by molar-refractivity contribution is 6.02. The summed E-state index contributed by atoms with van der Waals surface area (Å²) in [7, 11) is 0. The fourth-order valence-corrected chi connectivity index (χ4v) is 6.11. The van der Waals surface area contributed by atoms with Crippen molar-refractivity contribution in [1.82, 2.24) is 15.1 Å². The van der Waals surface area contributed by atoms with Crippen molar-refractivity contribution in [3.8, 4) is 0 Å². The van der Waals surface area contributed by atoms with Crippen LogP contribution in [0.3, 0.4) is 0 Å². The zero-order chi connectivity index (χ0) is 32.0. The number of Topliss-reactive ketones (excluding diaryl/α,β-unsaturated/α-hetero) is 2. The molecule has 2 aliphatic rings. The van der Waals surface area contributed by atoms with Crippen LogP contribution in [-0.4, -0.2) is 77.9 Å². The zero-order valence-corrected chi connectivity index (χ0v) is 26.5. The maximum absolute atomic E-state index is 13.4. The predicted octanol–water partition coefficient (Wildman–Crippen LogP) is 5.93. The van der Waals surface area contributed by atoms with Crippen molar-refractivity contribution < 1.29 is 28.3 Å². The number of hydrogen-bond acceptors (Lipinski definition) is 6. The Morgan fingerprint density at radius 2 is 1.59 bits per heavy atom. The monoisotopic (exact) mass is 608 g/mol. The van der Waals surface area contributed by atoms with E-state index in [4.69, 9.17) is 4.74 Å². The molecule has 0 unspecified atom stereocenters. The Morgan fingerprint density at radius 3 is 2.20 bits per heavy atom. The lowest BCUT2D eigenvalue weighted by Gasteiger charge is -2.42. The average molecular weight is 609 g/mol. The molecule has 10 heteroatoms. The first-order valence-corrected chi connectivity index (χ1v) is 15.4. The molecule has 0 spiro atoms. The number of rotatable bonds is 8. The smallest absolute Gasteiger partial charge is 0.410 e. The molecule has 2 saturated heterocycles. The van der Waals surface area contributed by atoms with Crippen molar-refractivity contribution in [2.24, 2.45) is 11.8 Å². The molecule has 0 aromatic heterocycles. The normalized spacial score (nSPS) is 21.0. The average Bonchev–Trinajstić information content (AvgIpc) is 2.94. The molecule has 0 saturated carbocycles. The van der Waals surface area contributed by atoms with E-state index in [-0.39, 0.29) is 35.4 Å². The number of nitrogens with zero attached hydrogens (tertiary/aromatic N) is 2. The number of urea groups is 1. The Bertz CT molecular complexity index is 1320. The molecule has 2 aliphatic heterocycles. The van der Waals surface area contributed by atoms with Gasteiger partial charge in [-0.2, -0.15) is 0 Å². The predicted molar refractivity (Wildman–Crippen MR) is 168 cm³/mol. The lowest BCUT2D eigenvalue weighted by Crippen LogP contribution is -2.57. The van der Waals surface area contributed by atoms with Crippen molar-refractivity contribution in [2.75, 3.05) is 38.0 Å². The van der Waals surface area contributed by atoms with Gasteiger partial charge in [0.1, 0.15) is 11.4 Å². The first-order chi connectivity index (χ1) is 20.8. The molecule has 0 radical (unpaired) electrons. The summed E-state index contributed by atoms with van der Waals surface area (Å²) in [5.41, 5.74) is 1.55. The molecular formula is C34H45FN4O5. The number of piperidine rings is 2. The van der Waals surface area contributed by atoms with Crippen LogP contribution in [0.15, 0.2) is 42.5 Å². The summed E-state index contributed by atoms with van der Waals surface area (Å²) in [4.78, 5) is 54.4. The van der Waals surface area contributed by atoms with E-state index < -0.39 is 11.6 Å². The first kappa shape index (κ1) is 33.1. The van der Waals surface area contributed by atoms with Crippen LogP contribution in [0.1, 0.15) is 80.2 Å². The zero-order valence-electron chi connectivity index (χ0n) is 26.5. The van der Waals surface area contributed by atoms with Crippen LogP contribution in [0.4, 0.5) is 19.7 Å². The number of anilines is 1. The molecular weight excluding hydrogens is 563 g/mol. The number of ketones is 2. The Labute approximate surface area is 259 Å². The molecule has 2 fully saturated rings. The van der Waals surface area contributed by atoms with E-state index >= 15 is 0 Å². The van der Waals surface area contributed by atoms with Crippen molar-refractivity contribution in [3.05, 3.63) is 65.0 Å². The summed E-state index contributed by atoms with van der Waals surface area (Å²) in [5.74, 6) is -0.267. The fraction of sp³-hybridized carbons (Fsp3) is 0.529. The minimum Gasteiger partial charge on any atom is -0.444 e.